The number of aliphatic hydroxyl groups excluding tert-OH is 1. The van der Waals surface area contributed by atoms with Crippen LogP contribution in [0.3, 0.4) is 0 Å². The molecule has 1 N–H and O–H groups in total. The number of methoxy groups -OCH3 is 2. The Bertz CT molecular complexity index is 504. The number of nitrogens with zero attached hydrogens (tertiary/aromatic N) is 1. The second-order valence-corrected chi connectivity index (χ2v) is 4.86. The molecule has 0 saturated carbocycles. The Morgan fingerprint density at radius 3 is 2.90 bits per heavy atom. The van der Waals surface area contributed by atoms with Crippen LogP contribution in [0.25, 0.3) is 0 Å². The average Bonchev–Trinajstić information content (AvgIpc) is 2.93. The number of rotatable bonds is 4. The summed E-state index contributed by atoms with van der Waals surface area (Å²) < 4.78 is 10.7. The number of aliphatic hydroxyl groups is 1. The first-order chi connectivity index (χ1) is 9.76. The van der Waals surface area contributed by atoms with Gasteiger partial charge in [0.05, 0.1) is 13.2 Å². The van der Waals surface area contributed by atoms with Gasteiger partial charge < -0.3 is 14.6 Å². The minimum atomic E-state index is -0.124. The van der Waals surface area contributed by atoms with Crippen molar-refractivity contribution in [1.29, 1.82) is 0 Å². The zero-order chi connectivity index (χ0) is 14.4. The highest BCUT2D eigenvalue weighted by atomic mass is 16.5. The molecule has 108 valence electrons. The van der Waals surface area contributed by atoms with Gasteiger partial charge in [-0.05, 0) is 30.2 Å². The van der Waals surface area contributed by atoms with Crippen LogP contribution in [0.1, 0.15) is 17.5 Å². The van der Waals surface area contributed by atoms with Crippen LogP contribution in [0.15, 0.2) is 18.2 Å². The summed E-state index contributed by atoms with van der Waals surface area (Å²) in [4.78, 5) is 2.35. The molecule has 0 spiro atoms. The maximum atomic E-state index is 8.84. The standard InChI is InChI=1S/C16H21NO3/c1-19-15-6-5-13(4-3-9-18)14(10-15)11-17-8-7-16(12-17)20-2/h5-6,10,16,18H,7-9,11-12H2,1-2H3. The van der Waals surface area contributed by atoms with Crippen molar-refractivity contribution in [2.75, 3.05) is 33.9 Å². The summed E-state index contributed by atoms with van der Waals surface area (Å²) in [6, 6.07) is 5.86. The third kappa shape index (κ3) is 3.73. The van der Waals surface area contributed by atoms with E-state index >= 15 is 0 Å². The van der Waals surface area contributed by atoms with Gasteiger partial charge in [0.1, 0.15) is 12.4 Å². The molecule has 1 aliphatic rings. The first kappa shape index (κ1) is 14.9. The van der Waals surface area contributed by atoms with Gasteiger partial charge >= 0.3 is 0 Å². The Hall–Kier alpha value is -1.54. The van der Waals surface area contributed by atoms with E-state index in [1.54, 1.807) is 14.2 Å². The Morgan fingerprint density at radius 2 is 2.25 bits per heavy atom. The molecule has 1 aliphatic heterocycles. The highest BCUT2D eigenvalue weighted by molar-refractivity contribution is 5.45. The van der Waals surface area contributed by atoms with Crippen LogP contribution >= 0.6 is 0 Å². The van der Waals surface area contributed by atoms with Crippen molar-refractivity contribution >= 4 is 0 Å². The van der Waals surface area contributed by atoms with Crippen molar-refractivity contribution in [1.82, 2.24) is 4.90 Å². The van der Waals surface area contributed by atoms with Crippen molar-refractivity contribution in [3.8, 4) is 17.6 Å². The van der Waals surface area contributed by atoms with E-state index in [1.165, 1.54) is 0 Å². The van der Waals surface area contributed by atoms with Gasteiger partial charge in [-0.3, -0.25) is 4.90 Å². The summed E-state index contributed by atoms with van der Waals surface area (Å²) in [5.74, 6) is 6.54. The summed E-state index contributed by atoms with van der Waals surface area (Å²) in [5.41, 5.74) is 2.07. The third-order valence-electron chi connectivity index (χ3n) is 3.57. The largest absolute Gasteiger partial charge is 0.497 e. The molecule has 2 rings (SSSR count). The van der Waals surface area contributed by atoms with Crippen LogP contribution in [0.2, 0.25) is 0 Å². The summed E-state index contributed by atoms with van der Waals surface area (Å²) in [7, 11) is 3.42. The topological polar surface area (TPSA) is 41.9 Å². The second-order valence-electron chi connectivity index (χ2n) is 4.86. The second kappa shape index (κ2) is 7.30. The lowest BCUT2D eigenvalue weighted by Crippen LogP contribution is -2.22. The van der Waals surface area contributed by atoms with Crippen LogP contribution in [0.5, 0.6) is 5.75 Å². The van der Waals surface area contributed by atoms with Crippen molar-refractivity contribution in [3.05, 3.63) is 29.3 Å². The number of ether oxygens (including phenoxy) is 2. The van der Waals surface area contributed by atoms with E-state index in [-0.39, 0.29) is 6.61 Å². The molecule has 4 nitrogen and oxygen atoms in total. The summed E-state index contributed by atoms with van der Waals surface area (Å²) in [6.45, 7) is 2.68. The molecule has 1 saturated heterocycles. The maximum Gasteiger partial charge on any atom is 0.119 e. The van der Waals surface area contributed by atoms with Gasteiger partial charge in [-0.2, -0.15) is 0 Å². The third-order valence-corrected chi connectivity index (χ3v) is 3.57. The quantitative estimate of drug-likeness (QED) is 0.840. The van der Waals surface area contributed by atoms with Gasteiger partial charge in [0.15, 0.2) is 0 Å². The molecule has 0 aromatic heterocycles. The Morgan fingerprint density at radius 1 is 1.40 bits per heavy atom. The van der Waals surface area contributed by atoms with Gasteiger partial charge in [0, 0.05) is 32.3 Å². The molecule has 1 aromatic carbocycles. The molecule has 0 aliphatic carbocycles. The van der Waals surface area contributed by atoms with Crippen molar-refractivity contribution in [2.24, 2.45) is 0 Å². The van der Waals surface area contributed by atoms with E-state index in [1.807, 2.05) is 18.2 Å². The molecule has 1 atom stereocenters. The predicted molar refractivity (Wildman–Crippen MR) is 77.6 cm³/mol. The molecule has 1 aromatic rings. The number of hydrogen-bond donors (Lipinski definition) is 1. The Labute approximate surface area is 120 Å². The molecule has 1 fully saturated rings. The van der Waals surface area contributed by atoms with E-state index in [9.17, 15) is 0 Å². The lowest BCUT2D eigenvalue weighted by Gasteiger charge is -2.17. The van der Waals surface area contributed by atoms with E-state index in [0.717, 1.165) is 42.9 Å². The Balaban J connectivity index is 2.15. The highest BCUT2D eigenvalue weighted by Crippen LogP contribution is 2.21. The van der Waals surface area contributed by atoms with Crippen molar-refractivity contribution in [2.45, 2.75) is 19.1 Å². The minimum Gasteiger partial charge on any atom is -0.497 e. The maximum absolute atomic E-state index is 8.84. The minimum absolute atomic E-state index is 0.124. The normalized spacial score (nSPS) is 18.6. The molecule has 0 radical (unpaired) electrons. The molecule has 20 heavy (non-hydrogen) atoms. The average molecular weight is 275 g/mol. The van der Waals surface area contributed by atoms with Crippen LogP contribution in [-0.4, -0.2) is 50.0 Å². The zero-order valence-corrected chi connectivity index (χ0v) is 12.1. The number of likely N-dealkylation sites (tertiary alicyclic amines) is 1. The van der Waals surface area contributed by atoms with Crippen LogP contribution < -0.4 is 4.74 Å². The molecule has 1 unspecified atom stereocenters. The molecule has 0 bridgehead atoms. The van der Waals surface area contributed by atoms with Gasteiger partial charge in [0.2, 0.25) is 0 Å². The van der Waals surface area contributed by atoms with Gasteiger partial charge in [-0.15, -0.1) is 0 Å². The lowest BCUT2D eigenvalue weighted by atomic mass is 10.1. The SMILES string of the molecule is COc1ccc(C#CCO)c(CN2CCC(OC)C2)c1. The van der Waals surface area contributed by atoms with E-state index in [2.05, 4.69) is 16.7 Å². The number of hydrogen-bond acceptors (Lipinski definition) is 4. The van der Waals surface area contributed by atoms with Crippen LogP contribution in [-0.2, 0) is 11.3 Å². The van der Waals surface area contributed by atoms with Crippen LogP contribution in [0, 0.1) is 11.8 Å². The van der Waals surface area contributed by atoms with Gasteiger partial charge in [0.25, 0.3) is 0 Å². The molecule has 0 amide bonds. The highest BCUT2D eigenvalue weighted by Gasteiger charge is 2.22. The zero-order valence-electron chi connectivity index (χ0n) is 12.1. The fourth-order valence-corrected chi connectivity index (χ4v) is 2.46. The van der Waals surface area contributed by atoms with Crippen LogP contribution in [0.4, 0.5) is 0 Å². The Kier molecular flexibility index (Phi) is 5.42. The van der Waals surface area contributed by atoms with Crippen molar-refractivity contribution in [3.63, 3.8) is 0 Å². The van der Waals surface area contributed by atoms with Gasteiger partial charge in [-0.25, -0.2) is 0 Å². The predicted octanol–water partition coefficient (Wildman–Crippen LogP) is 1.26. The fraction of sp³-hybridized carbons (Fsp3) is 0.500. The molecular formula is C16H21NO3. The monoisotopic (exact) mass is 275 g/mol. The van der Waals surface area contributed by atoms with E-state index < -0.39 is 0 Å². The van der Waals surface area contributed by atoms with E-state index in [0.29, 0.717) is 6.10 Å². The smallest absolute Gasteiger partial charge is 0.119 e. The molecular weight excluding hydrogens is 254 g/mol. The van der Waals surface area contributed by atoms with E-state index in [4.69, 9.17) is 14.6 Å². The lowest BCUT2D eigenvalue weighted by molar-refractivity contribution is 0.107. The molecule has 1 heterocycles. The summed E-state index contributed by atoms with van der Waals surface area (Å²) in [5, 5.41) is 8.84. The summed E-state index contributed by atoms with van der Waals surface area (Å²) >= 11 is 0. The fourth-order valence-electron chi connectivity index (χ4n) is 2.46. The summed E-state index contributed by atoms with van der Waals surface area (Å²) in [6.07, 6.45) is 1.39. The first-order valence-electron chi connectivity index (χ1n) is 6.78. The molecule has 4 heteroatoms. The van der Waals surface area contributed by atoms with Crippen molar-refractivity contribution < 1.29 is 14.6 Å². The number of benzene rings is 1. The first-order valence-corrected chi connectivity index (χ1v) is 6.78. The van der Waals surface area contributed by atoms with Gasteiger partial charge in [-0.1, -0.05) is 11.8 Å².